The van der Waals surface area contributed by atoms with Crippen LogP contribution in [-0.4, -0.2) is 19.7 Å². The zero-order valence-electron chi connectivity index (χ0n) is 9.48. The molecule has 5 nitrogen and oxygen atoms in total. The van der Waals surface area contributed by atoms with Gasteiger partial charge in [-0.25, -0.2) is 9.97 Å². The molecule has 0 fully saturated rings. The zero-order valence-corrected chi connectivity index (χ0v) is 11.1. The molecule has 1 aromatic rings. The van der Waals surface area contributed by atoms with E-state index in [0.29, 0.717) is 12.2 Å². The maximum atomic E-state index is 10.4. The summed E-state index contributed by atoms with van der Waals surface area (Å²) in [6.07, 6.45) is 3.14. The number of halogens is 1. The average molecular weight is 288 g/mol. The zero-order chi connectivity index (χ0) is 12.3. The summed E-state index contributed by atoms with van der Waals surface area (Å²) < 4.78 is 0. The van der Waals surface area contributed by atoms with Gasteiger partial charge in [0.1, 0.15) is 18.2 Å². The Morgan fingerprint density at radius 1 is 1.44 bits per heavy atom. The van der Waals surface area contributed by atoms with Gasteiger partial charge >= 0.3 is 5.69 Å². The molecule has 0 N–H and O–H groups in total. The molecule has 0 radical (unpaired) electrons. The third kappa shape index (κ3) is 3.52. The lowest BCUT2D eigenvalue weighted by Crippen LogP contribution is -2.23. The first kappa shape index (κ1) is 13.0. The number of hydrogen-bond acceptors (Lipinski definition) is 4. The van der Waals surface area contributed by atoms with E-state index in [2.05, 4.69) is 46.7 Å². The predicted molar refractivity (Wildman–Crippen MR) is 64.6 cm³/mol. The summed E-state index contributed by atoms with van der Waals surface area (Å²) in [7, 11) is 0. The average Bonchev–Trinajstić information content (AvgIpc) is 2.17. The lowest BCUT2D eigenvalue weighted by molar-refractivity contribution is -0.385. The Morgan fingerprint density at radius 3 is 2.31 bits per heavy atom. The molecule has 0 aliphatic rings. The molecular formula is C10H14BrN3O2. The smallest absolute Gasteiger partial charge is 0.258 e. The van der Waals surface area contributed by atoms with Crippen LogP contribution >= 0.6 is 15.9 Å². The van der Waals surface area contributed by atoms with Gasteiger partial charge in [-0.2, -0.15) is 0 Å². The van der Waals surface area contributed by atoms with E-state index in [1.165, 1.54) is 12.4 Å². The van der Waals surface area contributed by atoms with Crippen LogP contribution in [0.2, 0.25) is 0 Å². The summed E-state index contributed by atoms with van der Waals surface area (Å²) in [6, 6.07) is 0. The molecule has 16 heavy (non-hydrogen) atoms. The van der Waals surface area contributed by atoms with Crippen LogP contribution < -0.4 is 0 Å². The van der Waals surface area contributed by atoms with Crippen molar-refractivity contribution < 1.29 is 4.92 Å². The van der Waals surface area contributed by atoms with Crippen LogP contribution in [0, 0.1) is 15.5 Å². The standard InChI is InChI=1S/C10H14BrN3O2/c1-10(2,3)8(11)4-9-12-5-7(6-13-9)14(15)16/h5-6,8H,4H2,1-3H3. The molecule has 1 atom stereocenters. The quantitative estimate of drug-likeness (QED) is 0.487. The Morgan fingerprint density at radius 2 is 1.94 bits per heavy atom. The number of nitro groups is 1. The Hall–Kier alpha value is -1.04. The van der Waals surface area contributed by atoms with Crippen LogP contribution in [0.4, 0.5) is 5.69 Å². The monoisotopic (exact) mass is 287 g/mol. The highest BCUT2D eigenvalue weighted by atomic mass is 79.9. The van der Waals surface area contributed by atoms with Crippen molar-refractivity contribution in [1.82, 2.24) is 9.97 Å². The summed E-state index contributed by atoms with van der Waals surface area (Å²) >= 11 is 3.57. The molecule has 1 aromatic heterocycles. The van der Waals surface area contributed by atoms with E-state index in [9.17, 15) is 10.1 Å². The van der Waals surface area contributed by atoms with Crippen LogP contribution in [0.3, 0.4) is 0 Å². The number of aromatic nitrogens is 2. The van der Waals surface area contributed by atoms with Crippen molar-refractivity contribution in [2.45, 2.75) is 32.0 Å². The minimum Gasteiger partial charge on any atom is -0.258 e. The fourth-order valence-electron chi connectivity index (χ4n) is 1.01. The maximum absolute atomic E-state index is 10.4. The molecule has 1 unspecified atom stereocenters. The van der Waals surface area contributed by atoms with Crippen molar-refractivity contribution in [3.05, 3.63) is 28.3 Å². The molecule has 0 amide bonds. The van der Waals surface area contributed by atoms with Gasteiger partial charge in [-0.05, 0) is 5.41 Å². The van der Waals surface area contributed by atoms with E-state index in [4.69, 9.17) is 0 Å². The summed E-state index contributed by atoms with van der Waals surface area (Å²) in [5.74, 6) is 0.613. The highest BCUT2D eigenvalue weighted by Crippen LogP contribution is 2.28. The van der Waals surface area contributed by atoms with Crippen LogP contribution in [0.1, 0.15) is 26.6 Å². The van der Waals surface area contributed by atoms with Crippen molar-refractivity contribution in [3.8, 4) is 0 Å². The second-order valence-electron chi connectivity index (χ2n) is 4.65. The summed E-state index contributed by atoms with van der Waals surface area (Å²) in [6.45, 7) is 6.33. The van der Waals surface area contributed by atoms with Crippen LogP contribution in [0.15, 0.2) is 12.4 Å². The molecule has 0 saturated heterocycles. The van der Waals surface area contributed by atoms with Crippen molar-refractivity contribution in [1.29, 1.82) is 0 Å². The lowest BCUT2D eigenvalue weighted by atomic mass is 9.90. The number of alkyl halides is 1. The number of nitrogens with zero attached hydrogens (tertiary/aromatic N) is 3. The van der Waals surface area contributed by atoms with E-state index in [1.807, 2.05) is 0 Å². The molecule has 88 valence electrons. The molecule has 0 aromatic carbocycles. The van der Waals surface area contributed by atoms with Crippen LogP contribution in [0.5, 0.6) is 0 Å². The Balaban J connectivity index is 2.73. The fourth-order valence-corrected chi connectivity index (χ4v) is 1.30. The summed E-state index contributed by atoms with van der Waals surface area (Å²) in [4.78, 5) is 18.1. The molecule has 0 spiro atoms. The van der Waals surface area contributed by atoms with Crippen LogP contribution in [-0.2, 0) is 6.42 Å². The second-order valence-corrected chi connectivity index (χ2v) is 5.76. The lowest BCUT2D eigenvalue weighted by Gasteiger charge is -2.24. The molecule has 0 aliphatic heterocycles. The Kier molecular flexibility index (Phi) is 3.96. The third-order valence-electron chi connectivity index (χ3n) is 2.20. The molecule has 0 saturated carbocycles. The first-order valence-corrected chi connectivity index (χ1v) is 5.81. The van der Waals surface area contributed by atoms with E-state index < -0.39 is 4.92 Å². The molecule has 0 aliphatic carbocycles. The summed E-state index contributed by atoms with van der Waals surface area (Å²) in [5.41, 5.74) is 0.0242. The maximum Gasteiger partial charge on any atom is 0.305 e. The van der Waals surface area contributed by atoms with Gasteiger partial charge in [-0.3, -0.25) is 10.1 Å². The van der Waals surface area contributed by atoms with Gasteiger partial charge in [0.05, 0.1) is 4.92 Å². The van der Waals surface area contributed by atoms with Gasteiger partial charge in [0.2, 0.25) is 0 Å². The first-order chi connectivity index (χ1) is 7.30. The van der Waals surface area contributed by atoms with E-state index in [1.54, 1.807) is 0 Å². The number of rotatable bonds is 3. The number of hydrogen-bond donors (Lipinski definition) is 0. The molecule has 1 rings (SSSR count). The minimum absolute atomic E-state index is 0.0781. The highest BCUT2D eigenvalue weighted by molar-refractivity contribution is 9.09. The Labute approximate surface area is 103 Å². The minimum atomic E-state index is -0.501. The molecular weight excluding hydrogens is 274 g/mol. The van der Waals surface area contributed by atoms with Crippen molar-refractivity contribution in [2.24, 2.45) is 5.41 Å². The largest absolute Gasteiger partial charge is 0.305 e. The van der Waals surface area contributed by atoms with E-state index in [0.717, 1.165) is 0 Å². The van der Waals surface area contributed by atoms with Crippen molar-refractivity contribution >= 4 is 21.6 Å². The van der Waals surface area contributed by atoms with Gasteiger partial charge in [-0.15, -0.1) is 0 Å². The molecule has 6 heteroatoms. The predicted octanol–water partition coefficient (Wildman–Crippen LogP) is 2.74. The molecule has 1 heterocycles. The SMILES string of the molecule is CC(C)(C)C(Br)Cc1ncc([N+](=O)[O-])cn1. The Bertz CT molecular complexity index is 373. The van der Waals surface area contributed by atoms with E-state index >= 15 is 0 Å². The topological polar surface area (TPSA) is 68.9 Å². The van der Waals surface area contributed by atoms with Crippen molar-refractivity contribution in [2.75, 3.05) is 0 Å². The van der Waals surface area contributed by atoms with Gasteiger partial charge < -0.3 is 0 Å². The van der Waals surface area contributed by atoms with Gasteiger partial charge in [0.15, 0.2) is 0 Å². The van der Waals surface area contributed by atoms with E-state index in [-0.39, 0.29) is 15.9 Å². The van der Waals surface area contributed by atoms with Crippen molar-refractivity contribution in [3.63, 3.8) is 0 Å². The van der Waals surface area contributed by atoms with Gasteiger partial charge in [0, 0.05) is 11.2 Å². The normalized spacial score (nSPS) is 13.5. The fraction of sp³-hybridized carbons (Fsp3) is 0.600. The molecule has 0 bridgehead atoms. The third-order valence-corrected chi connectivity index (χ3v) is 3.90. The first-order valence-electron chi connectivity index (χ1n) is 4.90. The van der Waals surface area contributed by atoms with Crippen LogP contribution in [0.25, 0.3) is 0 Å². The summed E-state index contributed by atoms with van der Waals surface area (Å²) in [5, 5.41) is 10.4. The highest BCUT2D eigenvalue weighted by Gasteiger charge is 2.23. The van der Waals surface area contributed by atoms with Gasteiger partial charge in [-0.1, -0.05) is 36.7 Å². The second kappa shape index (κ2) is 4.86. The van der Waals surface area contributed by atoms with Gasteiger partial charge in [0.25, 0.3) is 0 Å².